The van der Waals surface area contributed by atoms with Crippen molar-refractivity contribution in [1.82, 2.24) is 0 Å². The lowest BCUT2D eigenvalue weighted by Crippen LogP contribution is -2.35. The maximum absolute atomic E-state index is 12.7. The Balaban J connectivity index is 1.66. The number of benzene rings is 2. The summed E-state index contributed by atoms with van der Waals surface area (Å²) in [7, 11) is 0. The molecule has 1 fully saturated rings. The monoisotopic (exact) mass is 379 g/mol. The Morgan fingerprint density at radius 2 is 1.36 bits per heavy atom. The second-order valence-electron chi connectivity index (χ2n) is 7.53. The summed E-state index contributed by atoms with van der Waals surface area (Å²) in [6.45, 7) is 5.64. The van der Waals surface area contributed by atoms with Crippen LogP contribution in [-0.2, 0) is 14.4 Å². The Bertz CT molecular complexity index is 899. The molecule has 1 aliphatic rings. The van der Waals surface area contributed by atoms with Crippen LogP contribution in [0.5, 0.6) is 0 Å². The molecule has 0 bridgehead atoms. The molecule has 6 nitrogen and oxygen atoms in total. The van der Waals surface area contributed by atoms with Crippen LogP contribution in [0.2, 0.25) is 0 Å². The fourth-order valence-electron chi connectivity index (χ4n) is 3.01. The summed E-state index contributed by atoms with van der Waals surface area (Å²) >= 11 is 0. The molecule has 0 aliphatic heterocycles. The van der Waals surface area contributed by atoms with Gasteiger partial charge in [-0.3, -0.25) is 14.4 Å². The van der Waals surface area contributed by atoms with E-state index in [4.69, 9.17) is 0 Å². The SMILES string of the molecule is CC(=O)Nc1cccc(NC(=O)C2(C(=O)Nc3ccc(C(C)C)cc3)CC2)c1. The molecule has 3 amide bonds. The first-order valence-corrected chi connectivity index (χ1v) is 9.41. The van der Waals surface area contributed by atoms with Gasteiger partial charge in [-0.2, -0.15) is 0 Å². The Kier molecular flexibility index (Phi) is 5.49. The van der Waals surface area contributed by atoms with Crippen LogP contribution in [0.4, 0.5) is 17.1 Å². The lowest BCUT2D eigenvalue weighted by atomic mass is 10.0. The van der Waals surface area contributed by atoms with Crippen molar-refractivity contribution < 1.29 is 14.4 Å². The van der Waals surface area contributed by atoms with E-state index < -0.39 is 5.41 Å². The summed E-state index contributed by atoms with van der Waals surface area (Å²) in [5.41, 5.74) is 1.96. The second-order valence-corrected chi connectivity index (χ2v) is 7.53. The Hall–Kier alpha value is -3.15. The van der Waals surface area contributed by atoms with Crippen molar-refractivity contribution in [2.24, 2.45) is 5.41 Å². The zero-order chi connectivity index (χ0) is 20.3. The second kappa shape index (κ2) is 7.84. The number of carbonyl (C=O) groups excluding carboxylic acids is 3. The van der Waals surface area contributed by atoms with Crippen LogP contribution in [0.25, 0.3) is 0 Å². The molecule has 3 N–H and O–H groups in total. The molecule has 1 saturated carbocycles. The summed E-state index contributed by atoms with van der Waals surface area (Å²) < 4.78 is 0. The quantitative estimate of drug-likeness (QED) is 0.660. The summed E-state index contributed by atoms with van der Waals surface area (Å²) in [5, 5.41) is 8.33. The zero-order valence-corrected chi connectivity index (χ0v) is 16.3. The highest BCUT2D eigenvalue weighted by Gasteiger charge is 2.56. The van der Waals surface area contributed by atoms with Gasteiger partial charge in [0.05, 0.1) is 0 Å². The third-order valence-corrected chi connectivity index (χ3v) is 4.90. The molecule has 2 aromatic carbocycles. The molecular formula is C22H25N3O3. The van der Waals surface area contributed by atoms with Crippen molar-refractivity contribution in [3.05, 3.63) is 54.1 Å². The van der Waals surface area contributed by atoms with Crippen molar-refractivity contribution in [1.29, 1.82) is 0 Å². The summed E-state index contributed by atoms with van der Waals surface area (Å²) in [6.07, 6.45) is 1.03. The molecule has 0 saturated heterocycles. The van der Waals surface area contributed by atoms with Gasteiger partial charge in [-0.25, -0.2) is 0 Å². The molecule has 3 rings (SSSR count). The number of rotatable bonds is 6. The van der Waals surface area contributed by atoms with Gasteiger partial charge in [0.25, 0.3) is 0 Å². The highest BCUT2D eigenvalue weighted by molar-refractivity contribution is 6.17. The van der Waals surface area contributed by atoms with Gasteiger partial charge in [-0.05, 0) is 54.7 Å². The topological polar surface area (TPSA) is 87.3 Å². The van der Waals surface area contributed by atoms with E-state index in [-0.39, 0.29) is 17.7 Å². The Morgan fingerprint density at radius 3 is 1.86 bits per heavy atom. The van der Waals surface area contributed by atoms with E-state index in [0.29, 0.717) is 35.8 Å². The van der Waals surface area contributed by atoms with E-state index in [0.717, 1.165) is 0 Å². The standard InChI is InChI=1S/C22H25N3O3/c1-14(2)16-7-9-17(10-8-16)24-20(27)22(11-12-22)21(28)25-19-6-4-5-18(13-19)23-15(3)26/h4-10,13-14H,11-12H2,1-3H3,(H,23,26)(H,24,27)(H,25,28). The average Bonchev–Trinajstić information content (AvgIpc) is 3.44. The first kappa shape index (κ1) is 19.6. The van der Waals surface area contributed by atoms with Gasteiger partial charge in [0.1, 0.15) is 5.41 Å². The van der Waals surface area contributed by atoms with Crippen LogP contribution < -0.4 is 16.0 Å². The van der Waals surface area contributed by atoms with Crippen molar-refractivity contribution >= 4 is 34.8 Å². The average molecular weight is 379 g/mol. The molecule has 0 radical (unpaired) electrons. The number of hydrogen-bond acceptors (Lipinski definition) is 3. The molecule has 0 heterocycles. The first-order valence-electron chi connectivity index (χ1n) is 9.41. The minimum absolute atomic E-state index is 0.190. The fraction of sp³-hybridized carbons (Fsp3) is 0.318. The van der Waals surface area contributed by atoms with Crippen molar-refractivity contribution in [2.75, 3.05) is 16.0 Å². The van der Waals surface area contributed by atoms with Gasteiger partial charge in [0, 0.05) is 24.0 Å². The highest BCUT2D eigenvalue weighted by atomic mass is 16.2. The lowest BCUT2D eigenvalue weighted by Gasteiger charge is -2.16. The van der Waals surface area contributed by atoms with Crippen molar-refractivity contribution in [2.45, 2.75) is 39.5 Å². The molecule has 6 heteroatoms. The molecule has 0 spiro atoms. The minimum atomic E-state index is -1.04. The third kappa shape index (κ3) is 4.39. The smallest absolute Gasteiger partial charge is 0.240 e. The van der Waals surface area contributed by atoms with Crippen LogP contribution in [0.3, 0.4) is 0 Å². The van der Waals surface area contributed by atoms with Crippen LogP contribution in [-0.4, -0.2) is 17.7 Å². The number of nitrogens with one attached hydrogen (secondary N) is 3. The largest absolute Gasteiger partial charge is 0.326 e. The van der Waals surface area contributed by atoms with Crippen molar-refractivity contribution in [3.8, 4) is 0 Å². The number of hydrogen-bond donors (Lipinski definition) is 3. The Labute approximate surface area is 164 Å². The first-order chi connectivity index (χ1) is 13.3. The van der Waals surface area contributed by atoms with Gasteiger partial charge in [-0.15, -0.1) is 0 Å². The number of amides is 3. The molecule has 0 atom stereocenters. The molecule has 0 unspecified atom stereocenters. The highest BCUT2D eigenvalue weighted by Crippen LogP contribution is 2.47. The zero-order valence-electron chi connectivity index (χ0n) is 16.3. The van der Waals surface area contributed by atoms with Crippen LogP contribution in [0.1, 0.15) is 45.1 Å². The van der Waals surface area contributed by atoms with E-state index in [1.165, 1.54) is 12.5 Å². The maximum Gasteiger partial charge on any atom is 0.240 e. The number of anilines is 3. The molecule has 146 valence electrons. The molecular weight excluding hydrogens is 354 g/mol. The van der Waals surface area contributed by atoms with E-state index >= 15 is 0 Å². The summed E-state index contributed by atoms with van der Waals surface area (Å²) in [5.74, 6) is -0.396. The van der Waals surface area contributed by atoms with Crippen LogP contribution in [0, 0.1) is 5.41 Å². The van der Waals surface area contributed by atoms with Gasteiger partial charge in [0.15, 0.2) is 0 Å². The predicted molar refractivity (Wildman–Crippen MR) is 110 cm³/mol. The predicted octanol–water partition coefficient (Wildman–Crippen LogP) is 4.13. The van der Waals surface area contributed by atoms with E-state index in [9.17, 15) is 14.4 Å². The molecule has 1 aliphatic carbocycles. The lowest BCUT2D eigenvalue weighted by molar-refractivity contribution is -0.131. The van der Waals surface area contributed by atoms with Gasteiger partial charge < -0.3 is 16.0 Å². The van der Waals surface area contributed by atoms with Crippen molar-refractivity contribution in [3.63, 3.8) is 0 Å². The number of carbonyl (C=O) groups is 3. The molecule has 0 aromatic heterocycles. The normalized spacial score (nSPS) is 14.3. The third-order valence-electron chi connectivity index (χ3n) is 4.90. The van der Waals surface area contributed by atoms with Crippen LogP contribution in [0.15, 0.2) is 48.5 Å². The summed E-state index contributed by atoms with van der Waals surface area (Å²) in [4.78, 5) is 36.7. The van der Waals surface area contributed by atoms with Gasteiger partial charge >= 0.3 is 0 Å². The molecule has 28 heavy (non-hydrogen) atoms. The summed E-state index contributed by atoms with van der Waals surface area (Å²) in [6, 6.07) is 14.5. The van der Waals surface area contributed by atoms with Crippen LogP contribution >= 0.6 is 0 Å². The minimum Gasteiger partial charge on any atom is -0.326 e. The van der Waals surface area contributed by atoms with E-state index in [2.05, 4.69) is 29.8 Å². The Morgan fingerprint density at radius 1 is 0.821 bits per heavy atom. The van der Waals surface area contributed by atoms with Gasteiger partial charge in [0.2, 0.25) is 17.7 Å². The van der Waals surface area contributed by atoms with E-state index in [1.54, 1.807) is 24.3 Å². The van der Waals surface area contributed by atoms with Gasteiger partial charge in [-0.1, -0.05) is 32.0 Å². The fourth-order valence-corrected chi connectivity index (χ4v) is 3.01. The molecule has 2 aromatic rings. The maximum atomic E-state index is 12.7. The van der Waals surface area contributed by atoms with E-state index in [1.807, 2.05) is 24.3 Å².